The molecular weight excluding hydrogens is 250 g/mol. The van der Waals surface area contributed by atoms with Crippen LogP contribution < -0.4 is 15.2 Å². The summed E-state index contributed by atoms with van der Waals surface area (Å²) in [4.78, 5) is 0. The first kappa shape index (κ1) is 12.6. The summed E-state index contributed by atoms with van der Waals surface area (Å²) < 4.78 is 10.7. The quantitative estimate of drug-likeness (QED) is 0.859. The number of ether oxygens (including phenoxy) is 2. The number of halogens is 1. The van der Waals surface area contributed by atoms with Crippen LogP contribution in [0.4, 0.5) is 5.69 Å². The summed E-state index contributed by atoms with van der Waals surface area (Å²) >= 11 is 6.02. The van der Waals surface area contributed by atoms with Gasteiger partial charge in [0.2, 0.25) is 0 Å². The van der Waals surface area contributed by atoms with Crippen molar-refractivity contribution in [2.45, 2.75) is 6.61 Å². The van der Waals surface area contributed by atoms with Crippen LogP contribution in [0.3, 0.4) is 0 Å². The summed E-state index contributed by atoms with van der Waals surface area (Å²) in [6.07, 6.45) is 0. The highest BCUT2D eigenvalue weighted by atomic mass is 35.5. The van der Waals surface area contributed by atoms with E-state index in [1.165, 1.54) is 0 Å². The van der Waals surface area contributed by atoms with Crippen LogP contribution in [0.15, 0.2) is 42.5 Å². The maximum Gasteiger partial charge on any atom is 0.161 e. The lowest BCUT2D eigenvalue weighted by atomic mass is 10.2. The Morgan fingerprint density at radius 2 is 1.83 bits per heavy atom. The van der Waals surface area contributed by atoms with Gasteiger partial charge in [-0.1, -0.05) is 29.8 Å². The molecule has 0 aliphatic rings. The lowest BCUT2D eigenvalue weighted by Gasteiger charge is -2.10. The molecule has 94 valence electrons. The predicted molar refractivity (Wildman–Crippen MR) is 73.2 cm³/mol. The van der Waals surface area contributed by atoms with Crippen LogP contribution in [0, 0.1) is 0 Å². The zero-order valence-corrected chi connectivity index (χ0v) is 10.8. The molecule has 0 radical (unpaired) electrons. The second-order valence-electron chi connectivity index (χ2n) is 3.79. The van der Waals surface area contributed by atoms with E-state index in [9.17, 15) is 0 Å². The molecular formula is C14H14ClNO2. The molecule has 2 rings (SSSR count). The van der Waals surface area contributed by atoms with Crippen LogP contribution in [-0.4, -0.2) is 7.11 Å². The minimum Gasteiger partial charge on any atom is -0.497 e. The Kier molecular flexibility index (Phi) is 3.95. The lowest BCUT2D eigenvalue weighted by molar-refractivity contribution is 0.308. The van der Waals surface area contributed by atoms with Crippen LogP contribution in [0.25, 0.3) is 0 Å². The van der Waals surface area contributed by atoms with Crippen molar-refractivity contribution in [3.05, 3.63) is 53.1 Å². The number of nitrogens with two attached hydrogens (primary N) is 1. The second-order valence-corrected chi connectivity index (χ2v) is 4.20. The highest BCUT2D eigenvalue weighted by molar-refractivity contribution is 6.32. The third kappa shape index (κ3) is 2.87. The summed E-state index contributed by atoms with van der Waals surface area (Å²) in [7, 11) is 1.63. The second kappa shape index (κ2) is 5.65. The molecule has 0 saturated heterocycles. The molecule has 4 heteroatoms. The predicted octanol–water partition coefficient (Wildman–Crippen LogP) is 3.51. The van der Waals surface area contributed by atoms with Crippen LogP contribution in [-0.2, 0) is 6.61 Å². The molecule has 0 aliphatic heterocycles. The van der Waals surface area contributed by atoms with Crippen molar-refractivity contribution >= 4 is 17.3 Å². The number of hydrogen-bond donors (Lipinski definition) is 1. The van der Waals surface area contributed by atoms with E-state index in [4.69, 9.17) is 26.8 Å². The normalized spacial score (nSPS) is 10.1. The first-order chi connectivity index (χ1) is 8.70. The zero-order chi connectivity index (χ0) is 13.0. The Labute approximate surface area is 111 Å². The van der Waals surface area contributed by atoms with E-state index in [1.54, 1.807) is 25.3 Å². The maximum atomic E-state index is 6.02. The van der Waals surface area contributed by atoms with Gasteiger partial charge in [-0.25, -0.2) is 0 Å². The molecule has 0 unspecified atom stereocenters. The standard InChI is InChI=1S/C14H14ClNO2/c1-17-11-7-5-10(6-8-11)9-18-14-12(15)3-2-4-13(14)16/h2-8H,9,16H2,1H3. The van der Waals surface area contributed by atoms with Gasteiger partial charge in [-0.15, -0.1) is 0 Å². The van der Waals surface area contributed by atoms with Gasteiger partial charge in [0.1, 0.15) is 12.4 Å². The van der Waals surface area contributed by atoms with E-state index in [2.05, 4.69) is 0 Å². The van der Waals surface area contributed by atoms with Gasteiger partial charge >= 0.3 is 0 Å². The molecule has 2 aromatic carbocycles. The highest BCUT2D eigenvalue weighted by Crippen LogP contribution is 2.31. The Morgan fingerprint density at radius 1 is 1.11 bits per heavy atom. The van der Waals surface area contributed by atoms with Crippen molar-refractivity contribution in [3.8, 4) is 11.5 Å². The number of hydrogen-bond acceptors (Lipinski definition) is 3. The molecule has 0 bridgehead atoms. The van der Waals surface area contributed by atoms with Crippen LogP contribution in [0.5, 0.6) is 11.5 Å². The smallest absolute Gasteiger partial charge is 0.161 e. The summed E-state index contributed by atoms with van der Waals surface area (Å²) in [6.45, 7) is 0.415. The molecule has 18 heavy (non-hydrogen) atoms. The van der Waals surface area contributed by atoms with E-state index in [1.807, 2.05) is 24.3 Å². The molecule has 2 N–H and O–H groups in total. The third-order valence-corrected chi connectivity index (χ3v) is 2.84. The molecule has 0 heterocycles. The molecule has 0 amide bonds. The van der Waals surface area contributed by atoms with Gasteiger partial charge in [0, 0.05) is 0 Å². The lowest BCUT2D eigenvalue weighted by Crippen LogP contribution is -1.99. The zero-order valence-electron chi connectivity index (χ0n) is 10.0. The van der Waals surface area contributed by atoms with Gasteiger partial charge in [-0.05, 0) is 29.8 Å². The first-order valence-corrected chi connectivity index (χ1v) is 5.88. The first-order valence-electron chi connectivity index (χ1n) is 5.50. The molecule has 2 aromatic rings. The molecule has 3 nitrogen and oxygen atoms in total. The van der Waals surface area contributed by atoms with Crippen LogP contribution in [0.1, 0.15) is 5.56 Å². The summed E-state index contributed by atoms with van der Waals surface area (Å²) in [6, 6.07) is 12.9. The van der Waals surface area contributed by atoms with Crippen LogP contribution in [0.2, 0.25) is 5.02 Å². The van der Waals surface area contributed by atoms with Crippen molar-refractivity contribution in [1.82, 2.24) is 0 Å². The topological polar surface area (TPSA) is 44.5 Å². The van der Waals surface area contributed by atoms with Crippen molar-refractivity contribution < 1.29 is 9.47 Å². The van der Waals surface area contributed by atoms with Crippen molar-refractivity contribution in [2.75, 3.05) is 12.8 Å². The van der Waals surface area contributed by atoms with Gasteiger partial charge in [0.15, 0.2) is 5.75 Å². The van der Waals surface area contributed by atoms with E-state index in [0.29, 0.717) is 23.1 Å². The molecule has 0 saturated carbocycles. The van der Waals surface area contributed by atoms with Crippen LogP contribution >= 0.6 is 11.6 Å². The number of methoxy groups -OCH3 is 1. The Balaban J connectivity index is 2.06. The largest absolute Gasteiger partial charge is 0.497 e. The fourth-order valence-corrected chi connectivity index (χ4v) is 1.79. The monoisotopic (exact) mass is 263 g/mol. The Bertz CT molecular complexity index is 506. The molecule has 0 spiro atoms. The van der Waals surface area contributed by atoms with Gasteiger partial charge in [0.25, 0.3) is 0 Å². The van der Waals surface area contributed by atoms with Gasteiger partial charge in [0.05, 0.1) is 17.8 Å². The molecule has 0 atom stereocenters. The Hall–Kier alpha value is -1.87. The summed E-state index contributed by atoms with van der Waals surface area (Å²) in [5.41, 5.74) is 7.36. The summed E-state index contributed by atoms with van der Waals surface area (Å²) in [5, 5.41) is 0.517. The number of anilines is 1. The summed E-state index contributed by atoms with van der Waals surface area (Å²) in [5.74, 6) is 1.34. The Morgan fingerprint density at radius 3 is 2.44 bits per heavy atom. The fourth-order valence-electron chi connectivity index (χ4n) is 1.56. The maximum absolute atomic E-state index is 6.02. The van der Waals surface area contributed by atoms with Gasteiger partial charge in [-0.2, -0.15) is 0 Å². The van der Waals surface area contributed by atoms with Gasteiger partial charge in [-0.3, -0.25) is 0 Å². The fraction of sp³-hybridized carbons (Fsp3) is 0.143. The molecule has 0 aromatic heterocycles. The molecule has 0 aliphatic carbocycles. The van der Waals surface area contributed by atoms with E-state index in [-0.39, 0.29) is 0 Å². The average Bonchev–Trinajstić information content (AvgIpc) is 2.39. The van der Waals surface area contributed by atoms with E-state index >= 15 is 0 Å². The van der Waals surface area contributed by atoms with Gasteiger partial charge < -0.3 is 15.2 Å². The van der Waals surface area contributed by atoms with Crippen molar-refractivity contribution in [1.29, 1.82) is 0 Å². The number of rotatable bonds is 4. The highest BCUT2D eigenvalue weighted by Gasteiger charge is 2.05. The SMILES string of the molecule is COc1ccc(COc2c(N)cccc2Cl)cc1. The van der Waals surface area contributed by atoms with E-state index < -0.39 is 0 Å². The third-order valence-electron chi connectivity index (χ3n) is 2.54. The molecule has 0 fully saturated rings. The minimum atomic E-state index is 0.415. The van der Waals surface area contributed by atoms with Crippen molar-refractivity contribution in [3.63, 3.8) is 0 Å². The number of para-hydroxylation sites is 1. The van der Waals surface area contributed by atoms with E-state index in [0.717, 1.165) is 11.3 Å². The number of benzene rings is 2. The number of nitrogen functional groups attached to an aromatic ring is 1. The van der Waals surface area contributed by atoms with Crippen molar-refractivity contribution in [2.24, 2.45) is 0 Å². The average molecular weight is 264 g/mol. The minimum absolute atomic E-state index is 0.415.